The summed E-state index contributed by atoms with van der Waals surface area (Å²) < 4.78 is 5.39. The van der Waals surface area contributed by atoms with Gasteiger partial charge in [0.05, 0.1) is 17.7 Å². The first-order chi connectivity index (χ1) is 10.6. The van der Waals surface area contributed by atoms with Gasteiger partial charge in [0.25, 0.3) is 0 Å². The van der Waals surface area contributed by atoms with Gasteiger partial charge in [-0.05, 0) is 43.0 Å². The van der Waals surface area contributed by atoms with Gasteiger partial charge >= 0.3 is 11.9 Å². The molecular formula is C18H26O4. The standard InChI is InChI=1S/C18H26O4/c1-3-5-6-8-14(7-4-2)13-22-18(21)16-11-9-15(10-12-16)17(19)20/h9-12,14H,3-8,13H2,1-2H3,(H,19,20). The molecule has 0 saturated heterocycles. The molecule has 1 N–H and O–H groups in total. The second-order valence-electron chi connectivity index (χ2n) is 5.63. The maximum absolute atomic E-state index is 12.0. The van der Waals surface area contributed by atoms with E-state index in [1.807, 2.05) is 0 Å². The average molecular weight is 306 g/mol. The number of carbonyl (C=O) groups excluding carboxylic acids is 1. The molecule has 1 atom stereocenters. The Hall–Kier alpha value is -1.84. The second kappa shape index (κ2) is 9.98. The van der Waals surface area contributed by atoms with Crippen LogP contribution >= 0.6 is 0 Å². The van der Waals surface area contributed by atoms with Gasteiger partial charge in [-0.2, -0.15) is 0 Å². The number of unbranched alkanes of at least 4 members (excludes halogenated alkanes) is 2. The highest BCUT2D eigenvalue weighted by molar-refractivity contribution is 5.92. The third-order valence-electron chi connectivity index (χ3n) is 3.73. The summed E-state index contributed by atoms with van der Waals surface area (Å²) in [6, 6.07) is 5.84. The van der Waals surface area contributed by atoms with E-state index in [1.165, 1.54) is 43.5 Å². The number of carboxylic acid groups (broad SMARTS) is 1. The molecule has 0 aromatic heterocycles. The number of hydrogen-bond donors (Lipinski definition) is 1. The van der Waals surface area contributed by atoms with Crippen LogP contribution < -0.4 is 0 Å². The van der Waals surface area contributed by atoms with E-state index in [0.29, 0.717) is 18.1 Å². The summed E-state index contributed by atoms with van der Waals surface area (Å²) in [6.45, 7) is 4.76. The summed E-state index contributed by atoms with van der Waals surface area (Å²) in [5.41, 5.74) is 0.564. The Labute approximate surface area is 132 Å². The molecule has 0 fully saturated rings. The number of benzene rings is 1. The SMILES string of the molecule is CCCCCC(CCC)COC(=O)c1ccc(C(=O)O)cc1. The van der Waals surface area contributed by atoms with Gasteiger partial charge in [-0.15, -0.1) is 0 Å². The number of carboxylic acids is 1. The van der Waals surface area contributed by atoms with Crippen molar-refractivity contribution in [2.24, 2.45) is 5.92 Å². The van der Waals surface area contributed by atoms with Gasteiger partial charge in [0.15, 0.2) is 0 Å². The largest absolute Gasteiger partial charge is 0.478 e. The number of aromatic carboxylic acids is 1. The fraction of sp³-hybridized carbons (Fsp3) is 0.556. The van der Waals surface area contributed by atoms with E-state index in [-0.39, 0.29) is 11.5 Å². The third kappa shape index (κ3) is 6.29. The van der Waals surface area contributed by atoms with Crippen molar-refractivity contribution in [2.75, 3.05) is 6.61 Å². The van der Waals surface area contributed by atoms with E-state index < -0.39 is 5.97 Å². The summed E-state index contributed by atoms with van der Waals surface area (Å²) in [5, 5.41) is 8.84. The fourth-order valence-corrected chi connectivity index (χ4v) is 2.43. The maximum atomic E-state index is 12.0. The summed E-state index contributed by atoms with van der Waals surface area (Å²) in [5.74, 6) is -0.967. The van der Waals surface area contributed by atoms with Crippen LogP contribution in [-0.2, 0) is 4.74 Å². The van der Waals surface area contributed by atoms with Gasteiger partial charge in [0.1, 0.15) is 0 Å². The molecule has 0 aliphatic carbocycles. The Balaban J connectivity index is 2.49. The zero-order valence-electron chi connectivity index (χ0n) is 13.5. The van der Waals surface area contributed by atoms with E-state index in [9.17, 15) is 9.59 Å². The van der Waals surface area contributed by atoms with Crippen LogP contribution in [0.25, 0.3) is 0 Å². The first-order valence-corrected chi connectivity index (χ1v) is 8.08. The minimum absolute atomic E-state index is 0.167. The highest BCUT2D eigenvalue weighted by Crippen LogP contribution is 2.17. The van der Waals surface area contributed by atoms with Crippen molar-refractivity contribution in [3.63, 3.8) is 0 Å². The lowest BCUT2D eigenvalue weighted by Crippen LogP contribution is -2.14. The zero-order valence-corrected chi connectivity index (χ0v) is 13.5. The molecule has 1 unspecified atom stereocenters. The first kappa shape index (κ1) is 18.2. The Morgan fingerprint density at radius 1 is 1.00 bits per heavy atom. The molecule has 0 bridgehead atoms. The van der Waals surface area contributed by atoms with E-state index in [4.69, 9.17) is 9.84 Å². The smallest absolute Gasteiger partial charge is 0.338 e. The molecule has 1 aromatic rings. The first-order valence-electron chi connectivity index (χ1n) is 8.08. The molecule has 0 aliphatic heterocycles. The van der Waals surface area contributed by atoms with Crippen molar-refractivity contribution in [3.05, 3.63) is 35.4 Å². The lowest BCUT2D eigenvalue weighted by atomic mass is 9.97. The number of ether oxygens (including phenoxy) is 1. The molecule has 1 aromatic carbocycles. The van der Waals surface area contributed by atoms with Crippen LogP contribution in [-0.4, -0.2) is 23.7 Å². The minimum atomic E-state index is -1.00. The van der Waals surface area contributed by atoms with Crippen molar-refractivity contribution < 1.29 is 19.4 Å². The Kier molecular flexibility index (Phi) is 8.26. The second-order valence-corrected chi connectivity index (χ2v) is 5.63. The summed E-state index contributed by atoms with van der Waals surface area (Å²) >= 11 is 0. The van der Waals surface area contributed by atoms with E-state index in [2.05, 4.69) is 13.8 Å². The molecule has 4 nitrogen and oxygen atoms in total. The zero-order chi connectivity index (χ0) is 16.4. The third-order valence-corrected chi connectivity index (χ3v) is 3.73. The van der Waals surface area contributed by atoms with Gasteiger partial charge < -0.3 is 9.84 Å². The molecule has 0 heterocycles. The molecule has 0 amide bonds. The van der Waals surface area contributed by atoms with Gasteiger partial charge in [-0.25, -0.2) is 9.59 Å². The van der Waals surface area contributed by atoms with E-state index in [0.717, 1.165) is 19.3 Å². The van der Waals surface area contributed by atoms with Gasteiger partial charge in [0, 0.05) is 0 Å². The van der Waals surface area contributed by atoms with Crippen molar-refractivity contribution in [2.45, 2.75) is 52.4 Å². The number of carbonyl (C=O) groups is 2. The highest BCUT2D eigenvalue weighted by Gasteiger charge is 2.13. The van der Waals surface area contributed by atoms with Crippen LogP contribution in [0, 0.1) is 5.92 Å². The Bertz CT molecular complexity index is 464. The van der Waals surface area contributed by atoms with Crippen LogP contribution in [0.15, 0.2) is 24.3 Å². The molecule has 122 valence electrons. The van der Waals surface area contributed by atoms with E-state index >= 15 is 0 Å². The lowest BCUT2D eigenvalue weighted by Gasteiger charge is -2.16. The number of rotatable bonds is 10. The van der Waals surface area contributed by atoms with Crippen LogP contribution in [0.4, 0.5) is 0 Å². The normalized spacial score (nSPS) is 11.9. The van der Waals surface area contributed by atoms with Crippen LogP contribution in [0.2, 0.25) is 0 Å². The lowest BCUT2D eigenvalue weighted by molar-refractivity contribution is 0.0423. The topological polar surface area (TPSA) is 63.6 Å². The minimum Gasteiger partial charge on any atom is -0.478 e. The molecule has 1 rings (SSSR count). The predicted molar refractivity (Wildman–Crippen MR) is 86.2 cm³/mol. The highest BCUT2D eigenvalue weighted by atomic mass is 16.5. The summed E-state index contributed by atoms with van der Waals surface area (Å²) in [4.78, 5) is 22.8. The summed E-state index contributed by atoms with van der Waals surface area (Å²) in [7, 11) is 0. The van der Waals surface area contributed by atoms with Crippen molar-refractivity contribution >= 4 is 11.9 Å². The monoisotopic (exact) mass is 306 g/mol. The molecule has 0 spiro atoms. The molecular weight excluding hydrogens is 280 g/mol. The van der Waals surface area contributed by atoms with Crippen molar-refractivity contribution in [1.82, 2.24) is 0 Å². The van der Waals surface area contributed by atoms with Gasteiger partial charge in [0.2, 0.25) is 0 Å². The van der Waals surface area contributed by atoms with Crippen LogP contribution in [0.5, 0.6) is 0 Å². The number of hydrogen-bond acceptors (Lipinski definition) is 3. The predicted octanol–water partition coefficient (Wildman–Crippen LogP) is 4.54. The summed E-state index contributed by atoms with van der Waals surface area (Å²) in [6.07, 6.45) is 6.81. The molecule has 0 radical (unpaired) electrons. The molecule has 0 aliphatic rings. The fourth-order valence-electron chi connectivity index (χ4n) is 2.43. The maximum Gasteiger partial charge on any atom is 0.338 e. The number of esters is 1. The quantitative estimate of drug-likeness (QED) is 0.509. The van der Waals surface area contributed by atoms with Crippen molar-refractivity contribution in [1.29, 1.82) is 0 Å². The van der Waals surface area contributed by atoms with Crippen LogP contribution in [0.1, 0.15) is 73.1 Å². The van der Waals surface area contributed by atoms with Crippen molar-refractivity contribution in [3.8, 4) is 0 Å². The average Bonchev–Trinajstić information content (AvgIpc) is 2.52. The van der Waals surface area contributed by atoms with E-state index in [1.54, 1.807) is 0 Å². The Morgan fingerprint density at radius 2 is 1.64 bits per heavy atom. The molecule has 0 saturated carbocycles. The van der Waals surface area contributed by atoms with Gasteiger partial charge in [-0.1, -0.05) is 39.5 Å². The van der Waals surface area contributed by atoms with Gasteiger partial charge in [-0.3, -0.25) is 0 Å². The molecule has 4 heteroatoms. The Morgan fingerprint density at radius 3 is 2.18 bits per heavy atom. The molecule has 22 heavy (non-hydrogen) atoms. The van der Waals surface area contributed by atoms with Crippen LogP contribution in [0.3, 0.4) is 0 Å².